The fraction of sp³-hybridized carbons (Fsp3) is 1.00. The van der Waals surface area contributed by atoms with Gasteiger partial charge in [0.05, 0.1) is 26.2 Å². The molecular weight excluding hydrogens is 210 g/mol. The molecule has 0 aromatic heterocycles. The highest BCUT2D eigenvalue weighted by Gasteiger charge is 2.42. The summed E-state index contributed by atoms with van der Waals surface area (Å²) in [6, 6.07) is 1.03. The lowest BCUT2D eigenvalue weighted by Gasteiger charge is -2.46. The van der Waals surface area contributed by atoms with Crippen LogP contribution in [0.5, 0.6) is 0 Å². The fourth-order valence-corrected chi connectivity index (χ4v) is 4.84. The lowest BCUT2D eigenvalue weighted by atomic mass is 9.69. The van der Waals surface area contributed by atoms with Crippen molar-refractivity contribution in [1.29, 1.82) is 0 Å². The maximum Gasteiger partial charge on any atom is 0.0891 e. The molecule has 0 bridgehead atoms. The highest BCUT2D eigenvalue weighted by molar-refractivity contribution is 4.84. The number of fused-ring (bicyclic) bond motifs is 1. The van der Waals surface area contributed by atoms with Crippen molar-refractivity contribution in [1.82, 2.24) is 0 Å². The molecule has 3 rings (SSSR count). The van der Waals surface area contributed by atoms with E-state index in [-0.39, 0.29) is 5.48 Å². The first-order valence-electron chi connectivity index (χ1n) is 7.62. The number of nitrogens with zero attached hydrogens (tertiary/aromatic N) is 1. The summed E-state index contributed by atoms with van der Waals surface area (Å²) in [5.41, 5.74) is 0. The highest BCUT2D eigenvalue weighted by atomic mass is 16.0. The van der Waals surface area contributed by atoms with Crippen LogP contribution in [0, 0.1) is 11.8 Å². The van der Waals surface area contributed by atoms with Crippen molar-refractivity contribution in [2.45, 2.75) is 63.8 Å². The normalized spacial score (nSPS) is 40.4. The summed E-state index contributed by atoms with van der Waals surface area (Å²) in [5, 5.41) is 0. The summed E-state index contributed by atoms with van der Waals surface area (Å²) in [6.45, 7) is 2.95. The van der Waals surface area contributed by atoms with Gasteiger partial charge in [-0.25, -0.2) is 0 Å². The largest absolute Gasteiger partial charge is 0.870 e. The second-order valence-electron chi connectivity index (χ2n) is 6.91. The van der Waals surface area contributed by atoms with Crippen LogP contribution in [0.1, 0.15) is 57.8 Å². The van der Waals surface area contributed by atoms with Gasteiger partial charge in [0.15, 0.2) is 0 Å². The SMILES string of the molecule is C[N+]1(C2CCC3CCCCC3C2)CCCC1.[OH-]. The van der Waals surface area contributed by atoms with Gasteiger partial charge in [-0.3, -0.25) is 0 Å². The quantitative estimate of drug-likeness (QED) is 0.645. The average molecular weight is 239 g/mol. The molecule has 100 valence electrons. The van der Waals surface area contributed by atoms with E-state index in [0.29, 0.717) is 0 Å². The van der Waals surface area contributed by atoms with Crippen molar-refractivity contribution >= 4 is 0 Å². The van der Waals surface area contributed by atoms with E-state index in [1.807, 2.05) is 0 Å². The minimum absolute atomic E-state index is 0. The molecule has 3 unspecified atom stereocenters. The minimum Gasteiger partial charge on any atom is -0.870 e. The molecule has 0 amide bonds. The van der Waals surface area contributed by atoms with Gasteiger partial charge >= 0.3 is 0 Å². The molecule has 0 aromatic rings. The van der Waals surface area contributed by atoms with Gasteiger partial charge in [-0.05, 0) is 31.1 Å². The maximum atomic E-state index is 2.54. The van der Waals surface area contributed by atoms with Crippen LogP contribution in [0.25, 0.3) is 0 Å². The molecule has 2 saturated carbocycles. The summed E-state index contributed by atoms with van der Waals surface area (Å²) in [6.07, 6.45) is 13.8. The van der Waals surface area contributed by atoms with Crippen LogP contribution in [0.15, 0.2) is 0 Å². The second kappa shape index (κ2) is 5.27. The zero-order chi connectivity index (χ0) is 11.0. The van der Waals surface area contributed by atoms with Gasteiger partial charge in [0.1, 0.15) is 0 Å². The minimum atomic E-state index is 0. The molecule has 17 heavy (non-hydrogen) atoms. The van der Waals surface area contributed by atoms with Crippen LogP contribution < -0.4 is 0 Å². The summed E-state index contributed by atoms with van der Waals surface area (Å²) in [4.78, 5) is 0. The fourth-order valence-electron chi connectivity index (χ4n) is 4.84. The molecule has 0 radical (unpaired) electrons. The van der Waals surface area contributed by atoms with Crippen LogP contribution in [-0.4, -0.2) is 36.1 Å². The Labute approximate surface area is 106 Å². The van der Waals surface area contributed by atoms with Crippen molar-refractivity contribution in [3.8, 4) is 0 Å². The van der Waals surface area contributed by atoms with Crippen molar-refractivity contribution < 1.29 is 9.96 Å². The van der Waals surface area contributed by atoms with Crippen molar-refractivity contribution in [3.05, 3.63) is 0 Å². The maximum absolute atomic E-state index is 2.54. The van der Waals surface area contributed by atoms with Gasteiger partial charge in [0.25, 0.3) is 0 Å². The standard InChI is InChI=1S/C15H28N.H2O/c1-16(10-4-5-11-16)15-9-8-13-6-2-3-7-14(13)12-15;/h13-15H,2-12H2,1H3;1H2/q+1;/p-1. The number of hydrogen-bond acceptors (Lipinski definition) is 1. The first kappa shape index (κ1) is 13.4. The third-order valence-corrected chi connectivity index (χ3v) is 5.98. The van der Waals surface area contributed by atoms with E-state index in [9.17, 15) is 0 Å². The summed E-state index contributed by atoms with van der Waals surface area (Å²) >= 11 is 0. The molecule has 1 heterocycles. The second-order valence-corrected chi connectivity index (χ2v) is 6.91. The van der Waals surface area contributed by atoms with Gasteiger partial charge < -0.3 is 9.96 Å². The van der Waals surface area contributed by atoms with Gasteiger partial charge in [0.2, 0.25) is 0 Å². The summed E-state index contributed by atoms with van der Waals surface area (Å²) in [5.74, 6) is 2.24. The Bertz CT molecular complexity index is 247. The lowest BCUT2D eigenvalue weighted by molar-refractivity contribution is -0.924. The van der Waals surface area contributed by atoms with Crippen LogP contribution in [0.2, 0.25) is 0 Å². The van der Waals surface area contributed by atoms with Crippen molar-refractivity contribution in [3.63, 3.8) is 0 Å². The molecule has 2 nitrogen and oxygen atoms in total. The van der Waals surface area contributed by atoms with E-state index < -0.39 is 0 Å². The predicted octanol–water partition coefficient (Wildman–Crippen LogP) is 3.41. The third-order valence-electron chi connectivity index (χ3n) is 5.98. The van der Waals surface area contributed by atoms with E-state index in [1.165, 1.54) is 49.7 Å². The van der Waals surface area contributed by atoms with E-state index >= 15 is 0 Å². The van der Waals surface area contributed by atoms with Crippen molar-refractivity contribution in [2.24, 2.45) is 11.8 Å². The van der Waals surface area contributed by atoms with Crippen LogP contribution in [-0.2, 0) is 0 Å². The topological polar surface area (TPSA) is 30.0 Å². The molecular formula is C15H29NO. The molecule has 3 atom stereocenters. The molecule has 1 N–H and O–H groups in total. The Hall–Kier alpha value is -0.0800. The van der Waals surface area contributed by atoms with E-state index in [2.05, 4.69) is 7.05 Å². The van der Waals surface area contributed by atoms with Gasteiger partial charge in [-0.1, -0.05) is 19.3 Å². The first-order chi connectivity index (χ1) is 7.78. The molecule has 1 saturated heterocycles. The summed E-state index contributed by atoms with van der Waals surface area (Å²) in [7, 11) is 2.54. The van der Waals surface area contributed by atoms with Crippen molar-refractivity contribution in [2.75, 3.05) is 20.1 Å². The Morgan fingerprint density at radius 1 is 0.765 bits per heavy atom. The Balaban J connectivity index is 0.00000108. The van der Waals surface area contributed by atoms with Crippen LogP contribution in [0.4, 0.5) is 0 Å². The smallest absolute Gasteiger partial charge is 0.0891 e. The Morgan fingerprint density at radius 2 is 1.41 bits per heavy atom. The molecule has 3 aliphatic rings. The molecule has 3 fully saturated rings. The molecule has 1 aliphatic heterocycles. The number of rotatable bonds is 1. The number of likely N-dealkylation sites (tertiary alicyclic amines) is 1. The molecule has 2 aliphatic carbocycles. The zero-order valence-electron chi connectivity index (χ0n) is 11.4. The van der Waals surface area contributed by atoms with Gasteiger partial charge in [-0.2, -0.15) is 0 Å². The lowest BCUT2D eigenvalue weighted by Crippen LogP contribution is -2.53. The van der Waals surface area contributed by atoms with Gasteiger partial charge in [0, 0.05) is 19.3 Å². The zero-order valence-corrected chi connectivity index (χ0v) is 11.4. The Kier molecular flexibility index (Phi) is 4.14. The van der Waals surface area contributed by atoms with Crippen LogP contribution in [0.3, 0.4) is 0 Å². The average Bonchev–Trinajstić information content (AvgIpc) is 2.77. The summed E-state index contributed by atoms with van der Waals surface area (Å²) < 4.78 is 1.43. The number of hydrogen-bond donors (Lipinski definition) is 0. The predicted molar refractivity (Wildman–Crippen MR) is 70.2 cm³/mol. The molecule has 2 heteroatoms. The number of quaternary nitrogens is 1. The van der Waals surface area contributed by atoms with E-state index in [1.54, 1.807) is 25.7 Å². The van der Waals surface area contributed by atoms with Gasteiger partial charge in [-0.15, -0.1) is 0 Å². The molecule has 0 aromatic carbocycles. The van der Waals surface area contributed by atoms with E-state index in [0.717, 1.165) is 17.9 Å². The van der Waals surface area contributed by atoms with Crippen LogP contribution >= 0.6 is 0 Å². The monoisotopic (exact) mass is 239 g/mol. The first-order valence-corrected chi connectivity index (χ1v) is 7.62. The molecule has 0 spiro atoms. The van der Waals surface area contributed by atoms with E-state index in [4.69, 9.17) is 0 Å². The third kappa shape index (κ3) is 2.53. The Morgan fingerprint density at radius 3 is 2.12 bits per heavy atom. The highest BCUT2D eigenvalue weighted by Crippen LogP contribution is 2.43.